The van der Waals surface area contributed by atoms with E-state index in [1.165, 1.54) is 58.3 Å². The topological polar surface area (TPSA) is 15.3 Å². The van der Waals surface area contributed by atoms with Crippen LogP contribution in [0.25, 0.3) is 0 Å². The largest absolute Gasteiger partial charge is 0.315 e. The number of hydrogen-bond acceptors (Lipinski definition) is 2. The van der Waals surface area contributed by atoms with Crippen LogP contribution in [0.2, 0.25) is 0 Å². The van der Waals surface area contributed by atoms with Gasteiger partial charge in [-0.1, -0.05) is 26.7 Å². The first-order valence-corrected chi connectivity index (χ1v) is 7.20. The number of nitrogens with zero attached hydrogens (tertiary/aromatic N) is 1. The summed E-state index contributed by atoms with van der Waals surface area (Å²) in [6, 6.07) is 0.784. The Balaban J connectivity index is 2.03. The van der Waals surface area contributed by atoms with E-state index in [1.54, 1.807) is 0 Å². The zero-order valence-electron chi connectivity index (χ0n) is 11.5. The van der Waals surface area contributed by atoms with E-state index >= 15 is 0 Å². The van der Waals surface area contributed by atoms with Crippen molar-refractivity contribution in [3.05, 3.63) is 0 Å². The molecule has 2 heteroatoms. The quantitative estimate of drug-likeness (QED) is 0.672. The van der Waals surface area contributed by atoms with Crippen LogP contribution in [0.15, 0.2) is 0 Å². The fourth-order valence-corrected chi connectivity index (χ4v) is 2.58. The number of likely N-dealkylation sites (tertiary alicyclic amines) is 1. The third kappa shape index (κ3) is 4.84. The van der Waals surface area contributed by atoms with Gasteiger partial charge in [-0.3, -0.25) is 4.90 Å². The molecule has 0 aliphatic carbocycles. The normalized spacial score (nSPS) is 27.2. The van der Waals surface area contributed by atoms with Crippen LogP contribution in [0.3, 0.4) is 0 Å². The van der Waals surface area contributed by atoms with Gasteiger partial charge in [0.25, 0.3) is 0 Å². The van der Waals surface area contributed by atoms with Gasteiger partial charge in [-0.15, -0.1) is 0 Å². The minimum atomic E-state index is 0.784. The van der Waals surface area contributed by atoms with Crippen LogP contribution >= 0.6 is 0 Å². The first kappa shape index (κ1) is 14.0. The second kappa shape index (κ2) is 8.08. The van der Waals surface area contributed by atoms with Crippen molar-refractivity contribution in [2.45, 2.75) is 58.9 Å². The van der Waals surface area contributed by atoms with Crippen molar-refractivity contribution in [3.8, 4) is 0 Å². The Morgan fingerprint density at radius 1 is 1.19 bits per heavy atom. The second-order valence-corrected chi connectivity index (χ2v) is 5.35. The molecule has 1 N–H and O–H groups in total. The first-order valence-electron chi connectivity index (χ1n) is 7.20. The molecule has 0 spiro atoms. The molecular formula is C14H30N2. The van der Waals surface area contributed by atoms with Gasteiger partial charge in [0.05, 0.1) is 0 Å². The predicted molar refractivity (Wildman–Crippen MR) is 71.8 cm³/mol. The fraction of sp³-hybridized carbons (Fsp3) is 1.00. The van der Waals surface area contributed by atoms with E-state index in [2.05, 4.69) is 31.0 Å². The third-order valence-electron chi connectivity index (χ3n) is 4.04. The highest BCUT2D eigenvalue weighted by Gasteiger charge is 2.23. The van der Waals surface area contributed by atoms with Crippen LogP contribution in [0.1, 0.15) is 52.9 Å². The maximum absolute atomic E-state index is 3.56. The SMILES string of the molecule is CCCCCNCCN1CCCC(C)C1C. The second-order valence-electron chi connectivity index (χ2n) is 5.35. The standard InChI is InChI=1S/C14H30N2/c1-4-5-6-9-15-10-12-16-11-7-8-13(2)14(16)3/h13-15H,4-12H2,1-3H3. The third-order valence-corrected chi connectivity index (χ3v) is 4.04. The van der Waals surface area contributed by atoms with Gasteiger partial charge in [0.15, 0.2) is 0 Å². The number of piperidine rings is 1. The maximum Gasteiger partial charge on any atom is 0.0110 e. The van der Waals surface area contributed by atoms with Gasteiger partial charge in [-0.2, -0.15) is 0 Å². The van der Waals surface area contributed by atoms with Crippen molar-refractivity contribution in [1.29, 1.82) is 0 Å². The average Bonchev–Trinajstić information content (AvgIpc) is 2.29. The van der Waals surface area contributed by atoms with Gasteiger partial charge in [0.1, 0.15) is 0 Å². The first-order chi connectivity index (χ1) is 7.75. The number of rotatable bonds is 7. The molecule has 1 saturated heterocycles. The van der Waals surface area contributed by atoms with Gasteiger partial charge in [0, 0.05) is 19.1 Å². The summed E-state index contributed by atoms with van der Waals surface area (Å²) < 4.78 is 0. The smallest absolute Gasteiger partial charge is 0.0110 e. The molecule has 2 nitrogen and oxygen atoms in total. The lowest BCUT2D eigenvalue weighted by molar-refractivity contribution is 0.115. The van der Waals surface area contributed by atoms with E-state index in [1.807, 2.05) is 0 Å². The molecular weight excluding hydrogens is 196 g/mol. The van der Waals surface area contributed by atoms with E-state index in [4.69, 9.17) is 0 Å². The van der Waals surface area contributed by atoms with Crippen molar-refractivity contribution >= 4 is 0 Å². The number of nitrogens with one attached hydrogen (secondary N) is 1. The minimum absolute atomic E-state index is 0.784. The monoisotopic (exact) mass is 226 g/mol. The van der Waals surface area contributed by atoms with Crippen LogP contribution < -0.4 is 5.32 Å². The molecule has 0 saturated carbocycles. The highest BCUT2D eigenvalue weighted by molar-refractivity contribution is 4.78. The van der Waals surface area contributed by atoms with E-state index in [0.29, 0.717) is 0 Å². The molecule has 2 unspecified atom stereocenters. The zero-order chi connectivity index (χ0) is 11.8. The molecule has 1 aliphatic heterocycles. The van der Waals surface area contributed by atoms with Gasteiger partial charge in [-0.05, 0) is 45.2 Å². The van der Waals surface area contributed by atoms with Crippen molar-refractivity contribution in [2.75, 3.05) is 26.2 Å². The summed E-state index contributed by atoms with van der Waals surface area (Å²) in [6.07, 6.45) is 6.83. The van der Waals surface area contributed by atoms with Gasteiger partial charge >= 0.3 is 0 Å². The van der Waals surface area contributed by atoms with Gasteiger partial charge < -0.3 is 5.32 Å². The van der Waals surface area contributed by atoms with E-state index in [0.717, 1.165) is 12.0 Å². The Labute approximate surface area is 102 Å². The predicted octanol–water partition coefficient (Wildman–Crippen LogP) is 2.89. The molecule has 0 radical (unpaired) electrons. The van der Waals surface area contributed by atoms with E-state index < -0.39 is 0 Å². The molecule has 0 amide bonds. The maximum atomic E-state index is 3.56. The molecule has 16 heavy (non-hydrogen) atoms. The Kier molecular flexibility index (Phi) is 7.06. The van der Waals surface area contributed by atoms with E-state index in [-0.39, 0.29) is 0 Å². The Morgan fingerprint density at radius 2 is 2.00 bits per heavy atom. The summed E-state index contributed by atoms with van der Waals surface area (Å²) in [5.74, 6) is 0.883. The molecule has 2 atom stereocenters. The molecule has 1 heterocycles. The number of hydrogen-bond donors (Lipinski definition) is 1. The van der Waals surface area contributed by atoms with Crippen LogP contribution in [0.4, 0.5) is 0 Å². The summed E-state index contributed by atoms with van der Waals surface area (Å²) in [5.41, 5.74) is 0. The lowest BCUT2D eigenvalue weighted by Crippen LogP contribution is -2.45. The van der Waals surface area contributed by atoms with Crippen molar-refractivity contribution in [1.82, 2.24) is 10.2 Å². The van der Waals surface area contributed by atoms with Crippen LogP contribution in [0, 0.1) is 5.92 Å². The van der Waals surface area contributed by atoms with Crippen molar-refractivity contribution < 1.29 is 0 Å². The summed E-state index contributed by atoms with van der Waals surface area (Å²) in [7, 11) is 0. The van der Waals surface area contributed by atoms with Gasteiger partial charge in [0.2, 0.25) is 0 Å². The molecule has 0 aromatic carbocycles. The fourth-order valence-electron chi connectivity index (χ4n) is 2.58. The number of unbranched alkanes of at least 4 members (excludes halogenated alkanes) is 2. The van der Waals surface area contributed by atoms with Crippen LogP contribution in [0.5, 0.6) is 0 Å². The Hall–Kier alpha value is -0.0800. The summed E-state index contributed by atoms with van der Waals surface area (Å²) in [5, 5.41) is 3.56. The minimum Gasteiger partial charge on any atom is -0.315 e. The van der Waals surface area contributed by atoms with E-state index in [9.17, 15) is 0 Å². The molecule has 1 aliphatic rings. The molecule has 0 aromatic rings. The molecule has 0 bridgehead atoms. The highest BCUT2D eigenvalue weighted by atomic mass is 15.2. The van der Waals surface area contributed by atoms with Crippen LogP contribution in [-0.4, -0.2) is 37.1 Å². The Bertz CT molecular complexity index is 170. The molecule has 96 valence electrons. The molecule has 0 aromatic heterocycles. The summed E-state index contributed by atoms with van der Waals surface area (Å²) in [4.78, 5) is 2.65. The lowest BCUT2D eigenvalue weighted by Gasteiger charge is -2.37. The zero-order valence-corrected chi connectivity index (χ0v) is 11.5. The van der Waals surface area contributed by atoms with Crippen LogP contribution in [-0.2, 0) is 0 Å². The molecule has 1 fully saturated rings. The van der Waals surface area contributed by atoms with Gasteiger partial charge in [-0.25, -0.2) is 0 Å². The highest BCUT2D eigenvalue weighted by Crippen LogP contribution is 2.21. The van der Waals surface area contributed by atoms with Crippen molar-refractivity contribution in [2.24, 2.45) is 5.92 Å². The lowest BCUT2D eigenvalue weighted by atomic mass is 9.92. The average molecular weight is 226 g/mol. The molecule has 1 rings (SSSR count). The summed E-state index contributed by atoms with van der Waals surface area (Å²) >= 11 is 0. The summed E-state index contributed by atoms with van der Waals surface area (Å²) in [6.45, 7) is 12.0. The Morgan fingerprint density at radius 3 is 2.75 bits per heavy atom. The van der Waals surface area contributed by atoms with Crippen molar-refractivity contribution in [3.63, 3.8) is 0 Å².